The first-order chi connectivity index (χ1) is 14.5. The van der Waals surface area contributed by atoms with E-state index in [2.05, 4.69) is 15.3 Å². The molecule has 3 aromatic rings. The highest BCUT2D eigenvalue weighted by atomic mass is 16.5. The molecule has 0 fully saturated rings. The standard InChI is InChI=1S/C21H14N4O5/c22-20-17(23-8-9-24-20)21(29)30-10-15(26)25-14-7-3-6-13-16(14)19(28)12-5-2-1-4-11(12)18(13)27/h1-9H,10H2,(H2,22,24)(H,25,26). The molecule has 1 aliphatic carbocycles. The second kappa shape index (κ2) is 7.55. The fraction of sp³-hybridized carbons (Fsp3) is 0.0476. The van der Waals surface area contributed by atoms with Crippen molar-refractivity contribution in [3.05, 3.63) is 82.8 Å². The van der Waals surface area contributed by atoms with Gasteiger partial charge in [-0.1, -0.05) is 36.4 Å². The zero-order valence-corrected chi connectivity index (χ0v) is 15.4. The van der Waals surface area contributed by atoms with Crippen LogP contribution in [0.4, 0.5) is 11.5 Å². The SMILES string of the molecule is Nc1nccnc1C(=O)OCC(=O)Nc1cccc2c1C(=O)c1ccccc1C2=O. The van der Waals surface area contributed by atoms with Crippen LogP contribution in [-0.2, 0) is 9.53 Å². The lowest BCUT2D eigenvalue weighted by Crippen LogP contribution is -2.26. The fourth-order valence-electron chi connectivity index (χ4n) is 3.14. The number of aromatic nitrogens is 2. The number of nitrogen functional groups attached to an aromatic ring is 1. The predicted octanol–water partition coefficient (Wildman–Crippen LogP) is 1.63. The van der Waals surface area contributed by atoms with Gasteiger partial charge in [-0.2, -0.15) is 0 Å². The van der Waals surface area contributed by atoms with Gasteiger partial charge in [0.1, 0.15) is 0 Å². The summed E-state index contributed by atoms with van der Waals surface area (Å²) >= 11 is 0. The van der Waals surface area contributed by atoms with Crippen LogP contribution in [0.3, 0.4) is 0 Å². The molecule has 1 aliphatic rings. The van der Waals surface area contributed by atoms with Crippen molar-refractivity contribution in [3.8, 4) is 0 Å². The number of benzene rings is 2. The molecule has 1 aromatic heterocycles. The number of carbonyl (C=O) groups excluding carboxylic acids is 4. The predicted molar refractivity (Wildman–Crippen MR) is 105 cm³/mol. The van der Waals surface area contributed by atoms with E-state index in [1.807, 2.05) is 0 Å². The van der Waals surface area contributed by atoms with Crippen molar-refractivity contribution in [2.24, 2.45) is 0 Å². The van der Waals surface area contributed by atoms with Gasteiger partial charge >= 0.3 is 5.97 Å². The maximum Gasteiger partial charge on any atom is 0.361 e. The van der Waals surface area contributed by atoms with Crippen LogP contribution in [0.2, 0.25) is 0 Å². The molecule has 0 bridgehead atoms. The molecule has 0 unspecified atom stereocenters. The fourth-order valence-corrected chi connectivity index (χ4v) is 3.14. The molecule has 2 aromatic carbocycles. The van der Waals surface area contributed by atoms with E-state index in [9.17, 15) is 19.2 Å². The van der Waals surface area contributed by atoms with Gasteiger partial charge in [-0.15, -0.1) is 0 Å². The molecular weight excluding hydrogens is 388 g/mol. The van der Waals surface area contributed by atoms with Gasteiger partial charge in [-0.25, -0.2) is 14.8 Å². The smallest absolute Gasteiger partial charge is 0.361 e. The lowest BCUT2D eigenvalue weighted by molar-refractivity contribution is -0.119. The Morgan fingerprint density at radius 3 is 2.30 bits per heavy atom. The maximum absolute atomic E-state index is 12.9. The number of amides is 1. The highest BCUT2D eigenvalue weighted by molar-refractivity contribution is 6.30. The zero-order chi connectivity index (χ0) is 21.3. The zero-order valence-electron chi connectivity index (χ0n) is 15.4. The summed E-state index contributed by atoms with van der Waals surface area (Å²) in [6.45, 7) is -0.642. The number of hydrogen-bond acceptors (Lipinski definition) is 8. The third-order valence-electron chi connectivity index (χ3n) is 4.48. The molecule has 0 aliphatic heterocycles. The molecule has 1 heterocycles. The summed E-state index contributed by atoms with van der Waals surface area (Å²) in [5.74, 6) is -2.41. The van der Waals surface area contributed by atoms with E-state index in [1.54, 1.807) is 30.3 Å². The Morgan fingerprint density at radius 2 is 1.57 bits per heavy atom. The first kappa shape index (κ1) is 18.9. The largest absolute Gasteiger partial charge is 0.451 e. The Morgan fingerprint density at radius 1 is 0.900 bits per heavy atom. The number of nitrogens with one attached hydrogen (secondary N) is 1. The summed E-state index contributed by atoms with van der Waals surface area (Å²) in [5, 5.41) is 2.52. The van der Waals surface area contributed by atoms with Crippen LogP contribution in [0.5, 0.6) is 0 Å². The van der Waals surface area contributed by atoms with E-state index < -0.39 is 18.5 Å². The molecule has 0 atom stereocenters. The summed E-state index contributed by atoms with van der Waals surface area (Å²) in [6.07, 6.45) is 2.58. The first-order valence-corrected chi connectivity index (χ1v) is 8.82. The Kier molecular flexibility index (Phi) is 4.77. The van der Waals surface area contributed by atoms with Gasteiger partial charge in [-0.05, 0) is 6.07 Å². The highest BCUT2D eigenvalue weighted by Gasteiger charge is 2.31. The monoisotopic (exact) mass is 402 g/mol. The third-order valence-corrected chi connectivity index (χ3v) is 4.48. The van der Waals surface area contributed by atoms with Crippen molar-refractivity contribution in [3.63, 3.8) is 0 Å². The van der Waals surface area contributed by atoms with Crippen LogP contribution in [0.1, 0.15) is 42.3 Å². The number of fused-ring (bicyclic) bond motifs is 2. The highest BCUT2D eigenvalue weighted by Crippen LogP contribution is 2.31. The Balaban J connectivity index is 1.53. The summed E-state index contributed by atoms with van der Waals surface area (Å²) in [7, 11) is 0. The molecule has 0 radical (unpaired) electrons. The van der Waals surface area contributed by atoms with Crippen LogP contribution < -0.4 is 11.1 Å². The van der Waals surface area contributed by atoms with Crippen molar-refractivity contribution >= 4 is 34.9 Å². The van der Waals surface area contributed by atoms with Crippen molar-refractivity contribution in [1.29, 1.82) is 0 Å². The van der Waals surface area contributed by atoms with Gasteiger partial charge in [0, 0.05) is 29.1 Å². The van der Waals surface area contributed by atoms with Crippen molar-refractivity contribution in [2.75, 3.05) is 17.7 Å². The van der Waals surface area contributed by atoms with Gasteiger partial charge < -0.3 is 15.8 Å². The Bertz CT molecular complexity index is 1220. The van der Waals surface area contributed by atoms with E-state index in [1.165, 1.54) is 24.5 Å². The van der Waals surface area contributed by atoms with Gasteiger partial charge in [0.15, 0.2) is 29.7 Å². The van der Waals surface area contributed by atoms with E-state index in [0.717, 1.165) is 0 Å². The van der Waals surface area contributed by atoms with E-state index in [4.69, 9.17) is 10.5 Å². The molecular formula is C21H14N4O5. The number of esters is 1. The quantitative estimate of drug-likeness (QED) is 0.491. The second-order valence-electron chi connectivity index (χ2n) is 6.35. The number of rotatable bonds is 4. The van der Waals surface area contributed by atoms with Gasteiger partial charge in [0.05, 0.1) is 11.3 Å². The minimum atomic E-state index is -0.911. The van der Waals surface area contributed by atoms with E-state index in [0.29, 0.717) is 5.56 Å². The molecule has 0 spiro atoms. The summed E-state index contributed by atoms with van der Waals surface area (Å²) < 4.78 is 4.91. The van der Waals surface area contributed by atoms with Crippen LogP contribution in [-0.4, -0.2) is 40.0 Å². The molecule has 30 heavy (non-hydrogen) atoms. The number of carbonyl (C=O) groups is 4. The van der Waals surface area contributed by atoms with Crippen LogP contribution >= 0.6 is 0 Å². The maximum atomic E-state index is 12.9. The average molecular weight is 402 g/mol. The van der Waals surface area contributed by atoms with Crippen LogP contribution in [0.15, 0.2) is 54.9 Å². The van der Waals surface area contributed by atoms with Crippen molar-refractivity contribution < 1.29 is 23.9 Å². The second-order valence-corrected chi connectivity index (χ2v) is 6.35. The normalized spacial score (nSPS) is 12.0. The summed E-state index contributed by atoms with van der Waals surface area (Å²) in [5.41, 5.74) is 6.37. The first-order valence-electron chi connectivity index (χ1n) is 8.82. The molecule has 0 saturated carbocycles. The molecule has 3 N–H and O–H groups in total. The number of anilines is 2. The third kappa shape index (κ3) is 3.28. The molecule has 9 heteroatoms. The number of nitrogens with two attached hydrogens (primary N) is 1. The molecule has 9 nitrogen and oxygen atoms in total. The minimum absolute atomic E-state index is 0.0963. The van der Waals surface area contributed by atoms with Gasteiger partial charge in [0.25, 0.3) is 5.91 Å². The van der Waals surface area contributed by atoms with Gasteiger partial charge in [0.2, 0.25) is 0 Å². The van der Waals surface area contributed by atoms with Crippen molar-refractivity contribution in [1.82, 2.24) is 9.97 Å². The van der Waals surface area contributed by atoms with Crippen LogP contribution in [0.25, 0.3) is 0 Å². The molecule has 1 amide bonds. The van der Waals surface area contributed by atoms with E-state index in [-0.39, 0.29) is 45.5 Å². The Hall–Kier alpha value is -4.40. The number of nitrogens with zero attached hydrogens (tertiary/aromatic N) is 2. The molecule has 0 saturated heterocycles. The van der Waals surface area contributed by atoms with E-state index >= 15 is 0 Å². The number of ketones is 2. The number of ether oxygens (including phenoxy) is 1. The lowest BCUT2D eigenvalue weighted by atomic mass is 9.83. The number of hydrogen-bond donors (Lipinski definition) is 2. The minimum Gasteiger partial charge on any atom is -0.451 e. The molecule has 4 rings (SSSR count). The van der Waals surface area contributed by atoms with Gasteiger partial charge in [-0.3, -0.25) is 14.4 Å². The molecule has 148 valence electrons. The average Bonchev–Trinajstić information content (AvgIpc) is 2.76. The van der Waals surface area contributed by atoms with Crippen molar-refractivity contribution in [2.45, 2.75) is 0 Å². The summed E-state index contributed by atoms with van der Waals surface area (Å²) in [4.78, 5) is 57.5. The lowest BCUT2D eigenvalue weighted by Gasteiger charge is -2.20. The summed E-state index contributed by atoms with van der Waals surface area (Å²) in [6, 6.07) is 11.1. The Labute approximate surface area is 169 Å². The topological polar surface area (TPSA) is 141 Å². The van der Waals surface area contributed by atoms with Crippen LogP contribution in [0, 0.1) is 0 Å².